The van der Waals surface area contributed by atoms with Crippen molar-refractivity contribution < 1.29 is 13.9 Å². The molecule has 2 aromatic rings. The number of primary amides is 1. The Morgan fingerprint density at radius 1 is 1.41 bits per heavy atom. The number of nitrogens with zero attached hydrogens (tertiary/aromatic N) is 4. The van der Waals surface area contributed by atoms with Crippen LogP contribution in [-0.2, 0) is 4.74 Å². The van der Waals surface area contributed by atoms with Gasteiger partial charge in [0.15, 0.2) is 5.82 Å². The maximum absolute atomic E-state index is 13.4. The van der Waals surface area contributed by atoms with Gasteiger partial charge in [-0.25, -0.2) is 4.98 Å². The van der Waals surface area contributed by atoms with Crippen molar-refractivity contribution in [2.45, 2.75) is 44.2 Å². The van der Waals surface area contributed by atoms with Crippen LogP contribution in [0.5, 0.6) is 0 Å². The Bertz CT molecular complexity index is 935. The van der Waals surface area contributed by atoms with Gasteiger partial charge in [-0.15, -0.1) is 0 Å². The number of aromatic nitrogens is 3. The van der Waals surface area contributed by atoms with Gasteiger partial charge < -0.3 is 15.8 Å². The second kappa shape index (κ2) is 8.17. The predicted molar refractivity (Wildman–Crippen MR) is 103 cm³/mol. The molecule has 0 saturated heterocycles. The minimum Gasteiger partial charge on any atom is -0.378 e. The number of amides is 1. The first-order valence-corrected chi connectivity index (χ1v) is 9.82. The Morgan fingerprint density at radius 3 is 2.93 bits per heavy atom. The molecule has 1 amide bonds. The first kappa shape index (κ1) is 19.3. The number of pyridine rings is 1. The topological polar surface area (TPSA) is 119 Å². The highest BCUT2D eigenvalue weighted by atomic mass is 19.1. The summed E-state index contributed by atoms with van der Waals surface area (Å²) in [6.07, 6.45) is 7.61. The summed E-state index contributed by atoms with van der Waals surface area (Å²) in [5.74, 6) is -0.664. The number of ether oxygens (including phenoxy) is 1. The molecule has 3 N–H and O–H groups in total. The van der Waals surface area contributed by atoms with Crippen molar-refractivity contribution in [1.29, 1.82) is 5.26 Å². The third-order valence-electron chi connectivity index (χ3n) is 5.52. The van der Waals surface area contributed by atoms with Crippen molar-refractivity contribution >= 4 is 17.4 Å². The number of carbonyl (C=O) groups excluding carboxylic acids is 1. The van der Waals surface area contributed by atoms with Crippen LogP contribution in [0, 0.1) is 29.1 Å². The van der Waals surface area contributed by atoms with E-state index in [1.165, 1.54) is 25.1 Å². The van der Waals surface area contributed by atoms with Crippen molar-refractivity contribution in [1.82, 2.24) is 14.8 Å². The number of carbonyl (C=O) groups is 1. The molecule has 29 heavy (non-hydrogen) atoms. The maximum atomic E-state index is 13.4. The molecule has 2 saturated carbocycles. The summed E-state index contributed by atoms with van der Waals surface area (Å²) in [6, 6.07) is 4.95. The highest BCUT2D eigenvalue weighted by Crippen LogP contribution is 2.37. The number of halogens is 1. The van der Waals surface area contributed by atoms with Gasteiger partial charge in [0.1, 0.15) is 5.56 Å². The van der Waals surface area contributed by atoms with Gasteiger partial charge >= 0.3 is 0 Å². The van der Waals surface area contributed by atoms with Crippen LogP contribution in [-0.4, -0.2) is 33.4 Å². The largest absolute Gasteiger partial charge is 0.378 e. The predicted octanol–water partition coefficient (Wildman–Crippen LogP) is 2.92. The number of nitrogens with one attached hydrogen (secondary N) is 1. The molecule has 8 nitrogen and oxygen atoms in total. The van der Waals surface area contributed by atoms with Crippen molar-refractivity contribution in [2.75, 3.05) is 11.9 Å². The summed E-state index contributed by atoms with van der Waals surface area (Å²) in [4.78, 5) is 15.4. The molecule has 0 radical (unpaired) electrons. The molecule has 2 aliphatic carbocycles. The van der Waals surface area contributed by atoms with E-state index < -0.39 is 11.9 Å². The Labute approximate surface area is 167 Å². The normalized spacial score (nSPS) is 24.1. The number of rotatable bonds is 7. The number of nitrogens with two attached hydrogens (primary N) is 1. The van der Waals surface area contributed by atoms with Gasteiger partial charge in [0.05, 0.1) is 24.1 Å². The number of hydrogen-bond donors (Lipinski definition) is 2. The molecule has 0 aliphatic heterocycles. The van der Waals surface area contributed by atoms with Gasteiger partial charge in [-0.1, -0.05) is 0 Å². The molecule has 3 atom stereocenters. The van der Waals surface area contributed by atoms with Gasteiger partial charge in [0.2, 0.25) is 5.95 Å². The van der Waals surface area contributed by atoms with Crippen LogP contribution >= 0.6 is 0 Å². The molecular weight excluding hydrogens is 375 g/mol. The summed E-state index contributed by atoms with van der Waals surface area (Å²) in [6.45, 7) is 0.775. The zero-order valence-electron chi connectivity index (χ0n) is 15.9. The van der Waals surface area contributed by atoms with Crippen LogP contribution in [0.3, 0.4) is 0 Å². The van der Waals surface area contributed by atoms with Gasteiger partial charge in [-0.2, -0.15) is 14.8 Å². The van der Waals surface area contributed by atoms with E-state index in [1.54, 1.807) is 16.9 Å². The highest BCUT2D eigenvalue weighted by molar-refractivity contribution is 5.98. The van der Waals surface area contributed by atoms with E-state index in [0.717, 1.165) is 19.4 Å². The van der Waals surface area contributed by atoms with Gasteiger partial charge in [0.25, 0.3) is 5.91 Å². The highest BCUT2D eigenvalue weighted by Gasteiger charge is 2.34. The number of anilines is 2. The molecule has 152 valence electrons. The minimum absolute atomic E-state index is 0.0834. The molecule has 2 aromatic heterocycles. The lowest BCUT2D eigenvalue weighted by molar-refractivity contribution is 0.00154. The molecule has 0 spiro atoms. The molecule has 2 aliphatic rings. The van der Waals surface area contributed by atoms with Gasteiger partial charge in [-0.05, 0) is 44.1 Å². The standard InChI is InChI=1S/C20H23FN6O2/c21-18-8-14(5-6-24-18)25-20-16(19(23)28)10-27(26-20)17-4-3-15(7-13(17)9-22)29-11-12-1-2-12/h5-6,8,10,12-13,15,17H,1-4,7,11H2,(H2,23,28)(H,24,25,26). The van der Waals surface area contributed by atoms with Crippen LogP contribution < -0.4 is 11.1 Å². The van der Waals surface area contributed by atoms with Gasteiger partial charge in [0, 0.05) is 30.8 Å². The second-order valence-electron chi connectivity index (χ2n) is 7.74. The fourth-order valence-corrected chi connectivity index (χ4v) is 3.73. The SMILES string of the molecule is N#CC1CC(OCC2CC2)CCC1n1cc(C(N)=O)c(Nc2ccnc(F)c2)n1. The third-order valence-corrected chi connectivity index (χ3v) is 5.52. The fraction of sp³-hybridized carbons (Fsp3) is 0.500. The third kappa shape index (κ3) is 4.54. The molecular formula is C20H23FN6O2. The Balaban J connectivity index is 1.51. The first-order valence-electron chi connectivity index (χ1n) is 9.82. The summed E-state index contributed by atoms with van der Waals surface area (Å²) in [5.41, 5.74) is 6.09. The summed E-state index contributed by atoms with van der Waals surface area (Å²) in [5, 5.41) is 17.1. The lowest BCUT2D eigenvalue weighted by atomic mass is 9.83. The lowest BCUT2D eigenvalue weighted by Gasteiger charge is -2.32. The molecule has 2 heterocycles. The van der Waals surface area contributed by atoms with E-state index in [0.29, 0.717) is 18.0 Å². The summed E-state index contributed by atoms with van der Waals surface area (Å²) in [7, 11) is 0. The zero-order chi connectivity index (χ0) is 20.4. The van der Waals surface area contributed by atoms with E-state index >= 15 is 0 Å². The van der Waals surface area contributed by atoms with E-state index in [1.807, 2.05) is 0 Å². The van der Waals surface area contributed by atoms with Crippen LogP contribution in [0.25, 0.3) is 0 Å². The van der Waals surface area contributed by atoms with Crippen molar-refractivity contribution in [3.05, 3.63) is 36.0 Å². The molecule has 9 heteroatoms. The molecule has 3 unspecified atom stereocenters. The average molecular weight is 398 g/mol. The molecule has 0 bridgehead atoms. The number of nitriles is 1. The summed E-state index contributed by atoms with van der Waals surface area (Å²) >= 11 is 0. The monoisotopic (exact) mass is 398 g/mol. The zero-order valence-corrected chi connectivity index (χ0v) is 15.9. The molecule has 4 rings (SSSR count). The average Bonchev–Trinajstić information content (AvgIpc) is 3.44. The minimum atomic E-state index is -0.650. The Hall–Kier alpha value is -2.99. The first-order chi connectivity index (χ1) is 14.0. The van der Waals surface area contributed by atoms with E-state index in [4.69, 9.17) is 10.5 Å². The lowest BCUT2D eigenvalue weighted by Crippen LogP contribution is -2.31. The van der Waals surface area contributed by atoms with Crippen molar-refractivity contribution in [3.8, 4) is 6.07 Å². The maximum Gasteiger partial charge on any atom is 0.254 e. The van der Waals surface area contributed by atoms with E-state index in [-0.39, 0.29) is 29.4 Å². The van der Waals surface area contributed by atoms with Crippen LogP contribution in [0.1, 0.15) is 48.5 Å². The smallest absolute Gasteiger partial charge is 0.254 e. The fourth-order valence-electron chi connectivity index (χ4n) is 3.73. The van der Waals surface area contributed by atoms with E-state index in [2.05, 4.69) is 21.5 Å². The molecule has 2 fully saturated rings. The summed E-state index contributed by atoms with van der Waals surface area (Å²) < 4.78 is 21.0. The van der Waals surface area contributed by atoms with Crippen molar-refractivity contribution in [3.63, 3.8) is 0 Å². The van der Waals surface area contributed by atoms with Crippen LogP contribution in [0.4, 0.5) is 15.9 Å². The second-order valence-corrected chi connectivity index (χ2v) is 7.74. The van der Waals surface area contributed by atoms with Crippen LogP contribution in [0.15, 0.2) is 24.5 Å². The quantitative estimate of drug-likeness (QED) is 0.692. The van der Waals surface area contributed by atoms with Crippen LogP contribution in [0.2, 0.25) is 0 Å². The number of hydrogen-bond acceptors (Lipinski definition) is 6. The van der Waals surface area contributed by atoms with E-state index in [9.17, 15) is 14.4 Å². The van der Waals surface area contributed by atoms with Gasteiger partial charge in [-0.3, -0.25) is 9.48 Å². The Kier molecular flexibility index (Phi) is 5.45. The van der Waals surface area contributed by atoms with Crippen molar-refractivity contribution in [2.24, 2.45) is 17.6 Å². The molecule has 0 aromatic carbocycles. The Morgan fingerprint density at radius 2 is 2.24 bits per heavy atom.